The van der Waals surface area contributed by atoms with E-state index in [0.29, 0.717) is 12.8 Å². The largest absolute Gasteiger partial charge is 0.494 e. The van der Waals surface area contributed by atoms with E-state index in [1.54, 1.807) is 0 Å². The van der Waals surface area contributed by atoms with Crippen molar-refractivity contribution in [2.45, 2.75) is 44.2 Å². The number of aromatic nitrogens is 1. The molecule has 0 aliphatic heterocycles. The zero-order chi connectivity index (χ0) is 13.3. The van der Waals surface area contributed by atoms with Crippen LogP contribution in [-0.2, 0) is 11.2 Å². The van der Waals surface area contributed by atoms with E-state index < -0.39 is 12.1 Å². The van der Waals surface area contributed by atoms with Gasteiger partial charge in [-0.05, 0) is 12.8 Å². The first kappa shape index (κ1) is 12.8. The van der Waals surface area contributed by atoms with E-state index in [1.165, 1.54) is 10.6 Å². The van der Waals surface area contributed by atoms with E-state index in [1.807, 2.05) is 0 Å². The van der Waals surface area contributed by atoms with Gasteiger partial charge in [-0.2, -0.15) is 0 Å². The molecule has 0 spiro atoms. The number of rotatable bonds is 3. The van der Waals surface area contributed by atoms with Crippen molar-refractivity contribution in [3.05, 3.63) is 11.6 Å². The molecule has 6 heteroatoms. The standard InChI is InChI=1S/C12H17NO5/c14-9-4-2-1-3-8(9)13-10(15)5-7(12(13)18)6-11(16)17/h5,8-9,14-15,18H,1-4,6H2,(H,16,17)/t8-,9-/m1/s1. The maximum atomic E-state index is 10.6. The molecule has 0 unspecified atom stereocenters. The summed E-state index contributed by atoms with van der Waals surface area (Å²) in [6, 6.07) is 0.853. The first-order valence-electron chi connectivity index (χ1n) is 6.02. The van der Waals surface area contributed by atoms with Gasteiger partial charge in [-0.15, -0.1) is 0 Å². The van der Waals surface area contributed by atoms with Crippen molar-refractivity contribution >= 4 is 5.97 Å². The Balaban J connectivity index is 2.32. The predicted molar refractivity (Wildman–Crippen MR) is 62.6 cm³/mol. The highest BCUT2D eigenvalue weighted by Gasteiger charge is 2.29. The Kier molecular flexibility index (Phi) is 3.47. The summed E-state index contributed by atoms with van der Waals surface area (Å²) in [6.07, 6.45) is 2.13. The summed E-state index contributed by atoms with van der Waals surface area (Å²) in [5, 5.41) is 38.4. The van der Waals surface area contributed by atoms with Crippen LogP contribution in [0, 0.1) is 0 Å². The number of aromatic hydroxyl groups is 2. The van der Waals surface area contributed by atoms with Crippen LogP contribution in [0.3, 0.4) is 0 Å². The van der Waals surface area contributed by atoms with Crippen LogP contribution in [0.1, 0.15) is 37.3 Å². The Morgan fingerprint density at radius 1 is 1.33 bits per heavy atom. The second kappa shape index (κ2) is 4.89. The molecular weight excluding hydrogens is 238 g/mol. The molecule has 2 atom stereocenters. The van der Waals surface area contributed by atoms with Gasteiger partial charge in [0.1, 0.15) is 0 Å². The quantitative estimate of drug-likeness (QED) is 0.645. The molecule has 0 amide bonds. The SMILES string of the molecule is O=C(O)Cc1cc(O)n([C@@H]2CCCC[C@H]2O)c1O. The molecule has 1 aliphatic rings. The topological polar surface area (TPSA) is 103 Å². The molecule has 1 heterocycles. The molecule has 1 aromatic rings. The minimum atomic E-state index is -1.08. The lowest BCUT2D eigenvalue weighted by Crippen LogP contribution is -2.27. The summed E-state index contributed by atoms with van der Waals surface area (Å²) in [6.45, 7) is 0. The molecule has 1 aliphatic carbocycles. The predicted octanol–water partition coefficient (Wildman–Crippen LogP) is 1.00. The van der Waals surface area contributed by atoms with E-state index in [4.69, 9.17) is 5.11 Å². The fraction of sp³-hybridized carbons (Fsp3) is 0.583. The molecule has 4 N–H and O–H groups in total. The van der Waals surface area contributed by atoms with Crippen molar-refractivity contribution < 1.29 is 25.2 Å². The average molecular weight is 255 g/mol. The Hall–Kier alpha value is -1.69. The first-order chi connectivity index (χ1) is 8.50. The lowest BCUT2D eigenvalue weighted by atomic mass is 9.92. The van der Waals surface area contributed by atoms with E-state index in [2.05, 4.69) is 0 Å². The average Bonchev–Trinajstić information content (AvgIpc) is 2.55. The molecule has 18 heavy (non-hydrogen) atoms. The van der Waals surface area contributed by atoms with Crippen molar-refractivity contribution in [1.29, 1.82) is 0 Å². The van der Waals surface area contributed by atoms with Gasteiger partial charge in [0.25, 0.3) is 0 Å². The van der Waals surface area contributed by atoms with Gasteiger partial charge in [0.15, 0.2) is 11.8 Å². The Morgan fingerprint density at radius 2 is 2.00 bits per heavy atom. The smallest absolute Gasteiger partial charge is 0.308 e. The summed E-state index contributed by atoms with van der Waals surface area (Å²) in [7, 11) is 0. The number of hydrogen-bond acceptors (Lipinski definition) is 4. The van der Waals surface area contributed by atoms with Crippen LogP contribution in [0.2, 0.25) is 0 Å². The molecule has 6 nitrogen and oxygen atoms in total. The highest BCUT2D eigenvalue weighted by Crippen LogP contribution is 2.38. The second-order valence-corrected chi connectivity index (χ2v) is 4.71. The van der Waals surface area contributed by atoms with Crippen molar-refractivity contribution in [2.24, 2.45) is 0 Å². The number of nitrogens with zero attached hydrogens (tertiary/aromatic N) is 1. The summed E-state index contributed by atoms with van der Waals surface area (Å²) < 4.78 is 1.24. The van der Waals surface area contributed by atoms with Crippen LogP contribution >= 0.6 is 0 Å². The number of aliphatic hydroxyl groups excluding tert-OH is 1. The number of carbonyl (C=O) groups is 1. The molecule has 1 fully saturated rings. The summed E-state index contributed by atoms with van der Waals surface area (Å²) in [5.74, 6) is -1.54. The molecule has 0 radical (unpaired) electrons. The minimum Gasteiger partial charge on any atom is -0.494 e. The summed E-state index contributed by atoms with van der Waals surface area (Å²) >= 11 is 0. The van der Waals surface area contributed by atoms with E-state index in [0.717, 1.165) is 12.8 Å². The van der Waals surface area contributed by atoms with Gasteiger partial charge in [0, 0.05) is 11.6 Å². The molecule has 1 saturated carbocycles. The van der Waals surface area contributed by atoms with Crippen LogP contribution in [0.4, 0.5) is 0 Å². The van der Waals surface area contributed by atoms with Crippen LogP contribution in [0.15, 0.2) is 6.07 Å². The molecular formula is C12H17NO5. The van der Waals surface area contributed by atoms with E-state index in [-0.39, 0.29) is 29.8 Å². The molecule has 1 aromatic heterocycles. The van der Waals surface area contributed by atoms with Crippen molar-refractivity contribution in [3.8, 4) is 11.8 Å². The van der Waals surface area contributed by atoms with Crippen molar-refractivity contribution in [1.82, 2.24) is 4.57 Å². The number of carboxylic acids is 1. The fourth-order valence-corrected chi connectivity index (χ4v) is 2.57. The summed E-state index contributed by atoms with van der Waals surface area (Å²) in [5.41, 5.74) is 0.165. The monoisotopic (exact) mass is 255 g/mol. The van der Waals surface area contributed by atoms with Gasteiger partial charge in [-0.25, -0.2) is 0 Å². The third-order valence-electron chi connectivity index (χ3n) is 3.43. The van der Waals surface area contributed by atoms with E-state index in [9.17, 15) is 20.1 Å². The van der Waals surface area contributed by atoms with Crippen LogP contribution in [0.25, 0.3) is 0 Å². The molecule has 100 valence electrons. The van der Waals surface area contributed by atoms with Gasteiger partial charge in [-0.1, -0.05) is 12.8 Å². The van der Waals surface area contributed by atoms with Gasteiger partial charge in [0.05, 0.1) is 18.6 Å². The zero-order valence-electron chi connectivity index (χ0n) is 9.91. The molecule has 0 aromatic carbocycles. The lowest BCUT2D eigenvalue weighted by molar-refractivity contribution is -0.136. The number of hydrogen-bond donors (Lipinski definition) is 4. The highest BCUT2D eigenvalue weighted by molar-refractivity contribution is 5.71. The normalized spacial score (nSPS) is 24.1. The Bertz CT molecular complexity index is 454. The second-order valence-electron chi connectivity index (χ2n) is 4.71. The van der Waals surface area contributed by atoms with Gasteiger partial charge < -0.3 is 20.4 Å². The van der Waals surface area contributed by atoms with Crippen LogP contribution in [-0.4, -0.2) is 37.1 Å². The fourth-order valence-electron chi connectivity index (χ4n) is 2.57. The highest BCUT2D eigenvalue weighted by atomic mass is 16.4. The molecule has 0 bridgehead atoms. The van der Waals surface area contributed by atoms with Crippen molar-refractivity contribution in [3.63, 3.8) is 0 Å². The van der Waals surface area contributed by atoms with E-state index >= 15 is 0 Å². The van der Waals surface area contributed by atoms with Crippen LogP contribution < -0.4 is 0 Å². The minimum absolute atomic E-state index is 0.165. The zero-order valence-corrected chi connectivity index (χ0v) is 9.91. The van der Waals surface area contributed by atoms with Crippen LogP contribution in [0.5, 0.6) is 11.8 Å². The maximum absolute atomic E-state index is 10.6. The third-order valence-corrected chi connectivity index (χ3v) is 3.43. The molecule has 0 saturated heterocycles. The van der Waals surface area contributed by atoms with Gasteiger partial charge in [0.2, 0.25) is 0 Å². The maximum Gasteiger partial charge on any atom is 0.308 e. The Morgan fingerprint density at radius 3 is 2.61 bits per heavy atom. The number of aliphatic hydroxyl groups is 1. The third kappa shape index (κ3) is 2.28. The summed E-state index contributed by atoms with van der Waals surface area (Å²) in [4.78, 5) is 10.6. The van der Waals surface area contributed by atoms with Gasteiger partial charge in [-0.3, -0.25) is 9.36 Å². The van der Waals surface area contributed by atoms with Crippen molar-refractivity contribution in [2.75, 3.05) is 0 Å². The first-order valence-corrected chi connectivity index (χ1v) is 6.02. The lowest BCUT2D eigenvalue weighted by Gasteiger charge is -2.29. The number of carboxylic acid groups (broad SMARTS) is 1. The molecule has 2 rings (SSSR count). The van der Waals surface area contributed by atoms with Gasteiger partial charge >= 0.3 is 5.97 Å². The number of aliphatic carboxylic acids is 1. The Labute approximate surface area is 104 Å².